The molecule has 154 valence electrons. The van der Waals surface area contributed by atoms with Gasteiger partial charge in [0, 0.05) is 30.9 Å². The molecule has 0 saturated carbocycles. The number of hydrogen-bond acceptors (Lipinski definition) is 6. The number of carbonyl (C=O) groups excluding carboxylic acids is 1. The molecule has 9 nitrogen and oxygen atoms in total. The first-order valence-corrected chi connectivity index (χ1v) is 10.5. The van der Waals surface area contributed by atoms with Gasteiger partial charge in [-0.15, -0.1) is 0 Å². The first kappa shape index (κ1) is 20.7. The highest BCUT2D eigenvalue weighted by Gasteiger charge is 2.27. The van der Waals surface area contributed by atoms with Crippen LogP contribution in [0.4, 0.5) is 11.4 Å². The number of benzene rings is 2. The summed E-state index contributed by atoms with van der Waals surface area (Å²) in [6, 6.07) is 11.4. The number of amides is 1. The zero-order chi connectivity index (χ0) is 21.0. The lowest BCUT2D eigenvalue weighted by Crippen LogP contribution is -2.30. The maximum Gasteiger partial charge on any atom is 0.269 e. The molecule has 0 aromatic heterocycles. The van der Waals surface area contributed by atoms with Gasteiger partial charge < -0.3 is 10.1 Å². The number of sulfonamides is 1. The van der Waals surface area contributed by atoms with Gasteiger partial charge in [-0.3, -0.25) is 14.9 Å². The number of nitro benzene ring substituents is 1. The maximum atomic E-state index is 12.5. The second kappa shape index (κ2) is 8.58. The largest absolute Gasteiger partial charge is 0.481 e. The van der Waals surface area contributed by atoms with Crippen molar-refractivity contribution >= 4 is 27.3 Å². The second-order valence-corrected chi connectivity index (χ2v) is 8.57. The van der Waals surface area contributed by atoms with Gasteiger partial charge in [-0.25, -0.2) is 8.42 Å². The molecule has 1 atom stereocenters. The van der Waals surface area contributed by atoms with Gasteiger partial charge in [-0.1, -0.05) is 0 Å². The third kappa shape index (κ3) is 4.90. The van der Waals surface area contributed by atoms with Crippen molar-refractivity contribution in [3.63, 3.8) is 0 Å². The number of anilines is 1. The van der Waals surface area contributed by atoms with E-state index in [9.17, 15) is 23.3 Å². The topological polar surface area (TPSA) is 119 Å². The van der Waals surface area contributed by atoms with Gasteiger partial charge in [0.05, 0.1) is 9.82 Å². The van der Waals surface area contributed by atoms with Crippen LogP contribution in [0.15, 0.2) is 53.4 Å². The van der Waals surface area contributed by atoms with Crippen LogP contribution in [0.1, 0.15) is 19.8 Å². The molecule has 29 heavy (non-hydrogen) atoms. The Bertz CT molecular complexity index is 984. The fraction of sp³-hybridized carbons (Fsp3) is 0.316. The molecule has 1 fully saturated rings. The first-order valence-electron chi connectivity index (χ1n) is 9.09. The van der Waals surface area contributed by atoms with E-state index in [0.717, 1.165) is 12.8 Å². The van der Waals surface area contributed by atoms with E-state index in [1.54, 1.807) is 6.92 Å². The van der Waals surface area contributed by atoms with Crippen LogP contribution in [0, 0.1) is 10.1 Å². The lowest BCUT2D eigenvalue weighted by atomic mass is 10.3. The van der Waals surface area contributed by atoms with Crippen LogP contribution in [-0.4, -0.2) is 42.7 Å². The van der Waals surface area contributed by atoms with Crippen molar-refractivity contribution in [1.82, 2.24) is 4.31 Å². The van der Waals surface area contributed by atoms with E-state index in [0.29, 0.717) is 24.5 Å². The van der Waals surface area contributed by atoms with Crippen molar-refractivity contribution in [3.8, 4) is 5.75 Å². The predicted octanol–water partition coefficient (Wildman–Crippen LogP) is 2.79. The minimum atomic E-state index is -3.50. The number of ether oxygens (including phenoxy) is 1. The third-order valence-corrected chi connectivity index (χ3v) is 6.47. The Balaban J connectivity index is 1.60. The summed E-state index contributed by atoms with van der Waals surface area (Å²) in [7, 11) is -3.50. The molecule has 2 aromatic carbocycles. The average Bonchev–Trinajstić information content (AvgIpc) is 3.24. The molecule has 3 rings (SSSR count). The van der Waals surface area contributed by atoms with Crippen molar-refractivity contribution in [3.05, 3.63) is 58.6 Å². The van der Waals surface area contributed by atoms with Crippen LogP contribution in [-0.2, 0) is 14.8 Å². The Morgan fingerprint density at radius 2 is 1.69 bits per heavy atom. The molecule has 1 aliphatic heterocycles. The monoisotopic (exact) mass is 419 g/mol. The van der Waals surface area contributed by atoms with Crippen molar-refractivity contribution in [2.75, 3.05) is 18.4 Å². The third-order valence-electron chi connectivity index (χ3n) is 4.55. The minimum absolute atomic E-state index is 0.0709. The van der Waals surface area contributed by atoms with Crippen LogP contribution >= 0.6 is 0 Å². The Hall–Kier alpha value is -2.98. The number of nitro groups is 1. The van der Waals surface area contributed by atoms with E-state index >= 15 is 0 Å². The van der Waals surface area contributed by atoms with E-state index in [2.05, 4.69) is 5.32 Å². The van der Waals surface area contributed by atoms with Crippen LogP contribution in [0.2, 0.25) is 0 Å². The van der Waals surface area contributed by atoms with Crippen LogP contribution < -0.4 is 10.1 Å². The predicted molar refractivity (Wildman–Crippen MR) is 106 cm³/mol. The Morgan fingerprint density at radius 3 is 2.24 bits per heavy atom. The summed E-state index contributed by atoms with van der Waals surface area (Å²) < 4.78 is 32.0. The average molecular weight is 419 g/mol. The van der Waals surface area contributed by atoms with Gasteiger partial charge in [0.1, 0.15) is 5.75 Å². The summed E-state index contributed by atoms with van der Waals surface area (Å²) in [5.41, 5.74) is 0.368. The molecule has 0 bridgehead atoms. The number of non-ortho nitro benzene ring substituents is 1. The van der Waals surface area contributed by atoms with E-state index in [-0.39, 0.29) is 10.6 Å². The number of hydrogen-bond donors (Lipinski definition) is 1. The van der Waals surface area contributed by atoms with Crippen LogP contribution in [0.3, 0.4) is 0 Å². The molecule has 10 heteroatoms. The van der Waals surface area contributed by atoms with E-state index < -0.39 is 27.0 Å². The zero-order valence-electron chi connectivity index (χ0n) is 15.8. The molecule has 1 N–H and O–H groups in total. The summed E-state index contributed by atoms with van der Waals surface area (Å²) >= 11 is 0. The van der Waals surface area contributed by atoms with Crippen molar-refractivity contribution in [2.45, 2.75) is 30.8 Å². The van der Waals surface area contributed by atoms with Gasteiger partial charge in [0.2, 0.25) is 10.0 Å². The Kier molecular flexibility index (Phi) is 6.14. The highest BCUT2D eigenvalue weighted by Crippen LogP contribution is 2.23. The Morgan fingerprint density at radius 1 is 1.10 bits per heavy atom. The molecule has 0 unspecified atom stereocenters. The molecule has 2 aromatic rings. The number of rotatable bonds is 7. The highest BCUT2D eigenvalue weighted by atomic mass is 32.2. The fourth-order valence-electron chi connectivity index (χ4n) is 2.94. The van der Waals surface area contributed by atoms with Crippen LogP contribution in [0.25, 0.3) is 0 Å². The SMILES string of the molecule is C[C@@H](Oc1ccc([N+](=O)[O-])cc1)C(=O)Nc1ccc(S(=O)(=O)N2CCCC2)cc1. The fourth-order valence-corrected chi connectivity index (χ4v) is 4.45. The van der Waals surface area contributed by atoms with Gasteiger partial charge in [-0.05, 0) is 56.2 Å². The summed E-state index contributed by atoms with van der Waals surface area (Å²) in [4.78, 5) is 22.6. The lowest BCUT2D eigenvalue weighted by molar-refractivity contribution is -0.384. The molecule has 0 radical (unpaired) electrons. The lowest BCUT2D eigenvalue weighted by Gasteiger charge is -2.17. The minimum Gasteiger partial charge on any atom is -0.481 e. The molecule has 1 amide bonds. The van der Waals surface area contributed by atoms with Gasteiger partial charge in [-0.2, -0.15) is 4.31 Å². The quantitative estimate of drug-likeness (QED) is 0.544. The van der Waals surface area contributed by atoms with Crippen molar-refractivity contribution in [1.29, 1.82) is 0 Å². The van der Waals surface area contributed by atoms with E-state index in [4.69, 9.17) is 4.74 Å². The van der Waals surface area contributed by atoms with Gasteiger partial charge >= 0.3 is 0 Å². The summed E-state index contributed by atoms with van der Waals surface area (Å²) in [6.07, 6.45) is 0.865. The zero-order valence-corrected chi connectivity index (χ0v) is 16.6. The summed E-state index contributed by atoms with van der Waals surface area (Å²) in [5.74, 6) is -0.108. The van der Waals surface area contributed by atoms with Crippen LogP contribution in [0.5, 0.6) is 5.75 Å². The summed E-state index contributed by atoms with van der Waals surface area (Å²) in [5, 5.41) is 13.3. The molecule has 1 aliphatic rings. The normalized spacial score (nSPS) is 15.6. The van der Waals surface area contributed by atoms with Crippen molar-refractivity contribution in [2.24, 2.45) is 0 Å². The smallest absolute Gasteiger partial charge is 0.269 e. The van der Waals surface area contributed by atoms with Gasteiger partial charge in [0.25, 0.3) is 11.6 Å². The maximum absolute atomic E-state index is 12.5. The Labute approximate surface area is 168 Å². The number of nitrogens with zero attached hydrogens (tertiary/aromatic N) is 2. The molecular formula is C19H21N3O6S. The molecular weight excluding hydrogens is 398 g/mol. The number of carbonyl (C=O) groups is 1. The highest BCUT2D eigenvalue weighted by molar-refractivity contribution is 7.89. The standard InChI is InChI=1S/C19H21N3O6S/c1-14(28-17-8-6-16(7-9-17)22(24)25)19(23)20-15-4-10-18(11-5-15)29(26,27)21-12-2-3-13-21/h4-11,14H,2-3,12-13H2,1H3,(H,20,23)/t14-/m1/s1. The first-order chi connectivity index (χ1) is 13.8. The van der Waals surface area contributed by atoms with Gasteiger partial charge in [0.15, 0.2) is 6.10 Å². The molecule has 1 heterocycles. The second-order valence-electron chi connectivity index (χ2n) is 6.64. The van der Waals surface area contributed by atoms with Crippen molar-refractivity contribution < 1.29 is 22.9 Å². The summed E-state index contributed by atoms with van der Waals surface area (Å²) in [6.45, 7) is 2.60. The number of nitrogens with one attached hydrogen (secondary N) is 1. The molecule has 0 aliphatic carbocycles. The molecule has 0 spiro atoms. The van der Waals surface area contributed by atoms with E-state index in [1.165, 1.54) is 52.8 Å². The van der Waals surface area contributed by atoms with E-state index in [1.807, 2.05) is 0 Å². The molecule has 1 saturated heterocycles.